The van der Waals surface area contributed by atoms with Gasteiger partial charge in [-0.25, -0.2) is 0 Å². The minimum atomic E-state index is 0. The Labute approximate surface area is 69.1 Å². The zero-order chi connectivity index (χ0) is 6.53. The van der Waals surface area contributed by atoms with Crippen molar-refractivity contribution in [3.8, 4) is 0 Å². The van der Waals surface area contributed by atoms with Crippen LogP contribution < -0.4 is 5.73 Å². The van der Waals surface area contributed by atoms with E-state index in [-0.39, 0.29) is 12.4 Å². The fourth-order valence-electron chi connectivity index (χ4n) is 1.19. The van der Waals surface area contributed by atoms with Gasteiger partial charge in [0.1, 0.15) is 0 Å². The SMILES string of the molecule is Cl.NC1CCC=CCCC1. The molecule has 1 aliphatic carbocycles. The average molecular weight is 162 g/mol. The molecule has 60 valence electrons. The molecule has 0 aromatic heterocycles. The van der Waals surface area contributed by atoms with Crippen molar-refractivity contribution in [2.24, 2.45) is 5.73 Å². The van der Waals surface area contributed by atoms with E-state index in [1.165, 1.54) is 32.1 Å². The minimum absolute atomic E-state index is 0. The summed E-state index contributed by atoms with van der Waals surface area (Å²) in [5.74, 6) is 0. The molecule has 0 bridgehead atoms. The molecule has 0 saturated carbocycles. The van der Waals surface area contributed by atoms with Gasteiger partial charge in [-0.2, -0.15) is 0 Å². The second-order valence-electron chi connectivity index (χ2n) is 2.74. The smallest absolute Gasteiger partial charge is 0.00418 e. The van der Waals surface area contributed by atoms with Gasteiger partial charge in [-0.05, 0) is 32.1 Å². The summed E-state index contributed by atoms with van der Waals surface area (Å²) in [5.41, 5.74) is 5.77. The molecule has 0 radical (unpaired) electrons. The molecule has 1 rings (SSSR count). The maximum absolute atomic E-state index is 5.77. The first-order valence-electron chi connectivity index (χ1n) is 3.80. The Morgan fingerprint density at radius 3 is 2.60 bits per heavy atom. The summed E-state index contributed by atoms with van der Waals surface area (Å²) >= 11 is 0. The van der Waals surface area contributed by atoms with Crippen molar-refractivity contribution >= 4 is 12.4 Å². The van der Waals surface area contributed by atoms with Crippen LogP contribution in [-0.4, -0.2) is 6.04 Å². The summed E-state index contributed by atoms with van der Waals surface area (Å²) in [6, 6.07) is 0.468. The van der Waals surface area contributed by atoms with E-state index in [0.717, 1.165) is 0 Å². The Balaban J connectivity index is 0.000000810. The van der Waals surface area contributed by atoms with Crippen LogP contribution in [0.5, 0.6) is 0 Å². The normalized spacial score (nSPS) is 26.3. The molecular formula is C8H16ClN. The lowest BCUT2D eigenvalue weighted by Crippen LogP contribution is -2.19. The minimum Gasteiger partial charge on any atom is -0.328 e. The molecule has 2 heteroatoms. The number of nitrogens with two attached hydrogens (primary N) is 1. The highest BCUT2D eigenvalue weighted by molar-refractivity contribution is 5.85. The Kier molecular flexibility index (Phi) is 5.74. The van der Waals surface area contributed by atoms with Gasteiger partial charge in [0.05, 0.1) is 0 Å². The molecule has 0 aliphatic heterocycles. The van der Waals surface area contributed by atoms with Gasteiger partial charge in [0.2, 0.25) is 0 Å². The molecule has 0 amide bonds. The monoisotopic (exact) mass is 161 g/mol. The second-order valence-corrected chi connectivity index (χ2v) is 2.74. The van der Waals surface area contributed by atoms with Gasteiger partial charge in [0.15, 0.2) is 0 Å². The Hall–Kier alpha value is -0.0100. The number of hydrogen-bond acceptors (Lipinski definition) is 1. The maximum Gasteiger partial charge on any atom is 0.00418 e. The lowest BCUT2D eigenvalue weighted by atomic mass is 10.0. The molecule has 1 atom stereocenters. The van der Waals surface area contributed by atoms with E-state index in [1.807, 2.05) is 0 Å². The molecule has 0 saturated heterocycles. The van der Waals surface area contributed by atoms with E-state index < -0.39 is 0 Å². The zero-order valence-corrected chi connectivity index (χ0v) is 7.07. The zero-order valence-electron chi connectivity index (χ0n) is 6.25. The number of rotatable bonds is 0. The molecule has 1 nitrogen and oxygen atoms in total. The second kappa shape index (κ2) is 5.75. The first-order valence-corrected chi connectivity index (χ1v) is 3.80. The van der Waals surface area contributed by atoms with Gasteiger partial charge in [-0.3, -0.25) is 0 Å². The van der Waals surface area contributed by atoms with E-state index in [9.17, 15) is 0 Å². The summed E-state index contributed by atoms with van der Waals surface area (Å²) in [6.45, 7) is 0. The van der Waals surface area contributed by atoms with Crippen LogP contribution in [-0.2, 0) is 0 Å². The van der Waals surface area contributed by atoms with Crippen molar-refractivity contribution in [2.75, 3.05) is 0 Å². The van der Waals surface area contributed by atoms with Crippen LogP contribution in [0.3, 0.4) is 0 Å². The largest absolute Gasteiger partial charge is 0.328 e. The fraction of sp³-hybridized carbons (Fsp3) is 0.750. The highest BCUT2D eigenvalue weighted by Gasteiger charge is 2.01. The lowest BCUT2D eigenvalue weighted by Gasteiger charge is -2.10. The third-order valence-electron chi connectivity index (χ3n) is 1.82. The van der Waals surface area contributed by atoms with Crippen molar-refractivity contribution in [2.45, 2.75) is 38.1 Å². The molecule has 0 heterocycles. The Bertz CT molecular complexity index is 101. The Morgan fingerprint density at radius 2 is 1.80 bits per heavy atom. The van der Waals surface area contributed by atoms with Crippen LogP contribution in [0.25, 0.3) is 0 Å². The van der Waals surface area contributed by atoms with Gasteiger partial charge in [-0.1, -0.05) is 12.2 Å². The molecule has 1 aliphatic rings. The molecule has 2 N–H and O–H groups in total. The Morgan fingerprint density at radius 1 is 1.10 bits per heavy atom. The first-order chi connectivity index (χ1) is 4.39. The molecular weight excluding hydrogens is 146 g/mol. The molecule has 1 unspecified atom stereocenters. The summed E-state index contributed by atoms with van der Waals surface area (Å²) in [5, 5.41) is 0. The summed E-state index contributed by atoms with van der Waals surface area (Å²) in [4.78, 5) is 0. The fourth-order valence-corrected chi connectivity index (χ4v) is 1.19. The van der Waals surface area contributed by atoms with E-state index >= 15 is 0 Å². The average Bonchev–Trinajstić information content (AvgIpc) is 1.79. The van der Waals surface area contributed by atoms with E-state index in [1.54, 1.807) is 0 Å². The van der Waals surface area contributed by atoms with E-state index in [2.05, 4.69) is 12.2 Å². The summed E-state index contributed by atoms with van der Waals surface area (Å²) < 4.78 is 0. The van der Waals surface area contributed by atoms with Crippen LogP contribution in [0.4, 0.5) is 0 Å². The van der Waals surface area contributed by atoms with Gasteiger partial charge in [0, 0.05) is 6.04 Å². The molecule has 0 aromatic carbocycles. The van der Waals surface area contributed by atoms with Gasteiger partial charge >= 0.3 is 0 Å². The van der Waals surface area contributed by atoms with E-state index in [4.69, 9.17) is 5.73 Å². The topological polar surface area (TPSA) is 26.0 Å². The highest BCUT2D eigenvalue weighted by atomic mass is 35.5. The van der Waals surface area contributed by atoms with Crippen LogP contribution in [0.1, 0.15) is 32.1 Å². The quantitative estimate of drug-likeness (QED) is 0.542. The number of halogens is 1. The summed E-state index contributed by atoms with van der Waals surface area (Å²) in [6.07, 6.45) is 10.6. The molecule has 0 spiro atoms. The maximum atomic E-state index is 5.77. The number of allylic oxidation sites excluding steroid dienone is 2. The third-order valence-corrected chi connectivity index (χ3v) is 1.82. The number of hydrogen-bond donors (Lipinski definition) is 1. The van der Waals surface area contributed by atoms with Crippen molar-refractivity contribution in [1.82, 2.24) is 0 Å². The highest BCUT2D eigenvalue weighted by Crippen LogP contribution is 2.09. The first kappa shape index (κ1) is 9.99. The van der Waals surface area contributed by atoms with Crippen molar-refractivity contribution in [3.05, 3.63) is 12.2 Å². The van der Waals surface area contributed by atoms with Crippen molar-refractivity contribution < 1.29 is 0 Å². The van der Waals surface area contributed by atoms with Crippen molar-refractivity contribution in [3.63, 3.8) is 0 Å². The van der Waals surface area contributed by atoms with Crippen LogP contribution in [0.15, 0.2) is 12.2 Å². The molecule has 0 fully saturated rings. The van der Waals surface area contributed by atoms with Gasteiger partial charge in [0.25, 0.3) is 0 Å². The van der Waals surface area contributed by atoms with E-state index in [0.29, 0.717) is 6.04 Å². The molecule has 0 aromatic rings. The van der Waals surface area contributed by atoms with Crippen LogP contribution >= 0.6 is 12.4 Å². The van der Waals surface area contributed by atoms with Gasteiger partial charge in [-0.15, -0.1) is 12.4 Å². The third kappa shape index (κ3) is 3.91. The summed E-state index contributed by atoms with van der Waals surface area (Å²) in [7, 11) is 0. The van der Waals surface area contributed by atoms with Gasteiger partial charge < -0.3 is 5.73 Å². The predicted octanol–water partition coefficient (Wildman–Crippen LogP) is 2.26. The van der Waals surface area contributed by atoms with Crippen molar-refractivity contribution in [1.29, 1.82) is 0 Å². The van der Waals surface area contributed by atoms with Crippen LogP contribution in [0, 0.1) is 0 Å². The predicted molar refractivity (Wildman–Crippen MR) is 47.4 cm³/mol. The van der Waals surface area contributed by atoms with Crippen LogP contribution in [0.2, 0.25) is 0 Å². The molecule has 10 heavy (non-hydrogen) atoms. The standard InChI is InChI=1S/C8H15N.ClH/c9-8-6-4-2-1-3-5-7-8;/h1-2,8H,3-7,9H2;1H. The lowest BCUT2D eigenvalue weighted by molar-refractivity contribution is 0.544.